The predicted octanol–water partition coefficient (Wildman–Crippen LogP) is 5.62. The van der Waals surface area contributed by atoms with Gasteiger partial charge in [0, 0.05) is 6.42 Å². The highest BCUT2D eigenvalue weighted by Crippen LogP contribution is 2.07. The Kier molecular flexibility index (Phi) is 17.4. The molecule has 0 aliphatic rings. The van der Waals surface area contributed by atoms with Gasteiger partial charge < -0.3 is 5.11 Å². The molecule has 0 bridgehead atoms. The second kappa shape index (κ2) is 18.6. The van der Waals surface area contributed by atoms with Gasteiger partial charge in [0.25, 0.3) is 0 Å². The highest BCUT2D eigenvalue weighted by molar-refractivity contribution is 5.66. The summed E-state index contributed by atoms with van der Waals surface area (Å²) >= 11 is 0. The van der Waals surface area contributed by atoms with E-state index in [1.54, 1.807) is 12.2 Å². The lowest BCUT2D eigenvalue weighted by Gasteiger charge is -2.08. The van der Waals surface area contributed by atoms with Gasteiger partial charge in [0.1, 0.15) is 6.10 Å². The molecule has 0 radical (unpaired) electrons. The average Bonchev–Trinajstić information content (AvgIpc) is 2.58. The molecule has 142 valence electrons. The molecule has 25 heavy (non-hydrogen) atoms. The molecule has 0 saturated carbocycles. The fourth-order valence-corrected chi connectivity index (χ4v) is 2.11. The number of unbranched alkanes of at least 4 members (excludes halogenated alkanes) is 3. The van der Waals surface area contributed by atoms with Crippen LogP contribution in [0.5, 0.6) is 0 Å². The lowest BCUT2D eigenvalue weighted by molar-refractivity contribution is -0.501. The first-order valence-electron chi connectivity index (χ1n) is 9.02. The van der Waals surface area contributed by atoms with Crippen LogP contribution in [0.3, 0.4) is 0 Å². The second-order valence-corrected chi connectivity index (χ2v) is 5.72. The van der Waals surface area contributed by atoms with E-state index in [9.17, 15) is 4.79 Å². The summed E-state index contributed by atoms with van der Waals surface area (Å²) in [5.74, 6) is -0.852. The zero-order valence-corrected chi connectivity index (χ0v) is 15.2. The van der Waals surface area contributed by atoms with E-state index >= 15 is 0 Å². The fourth-order valence-electron chi connectivity index (χ4n) is 2.11. The van der Waals surface area contributed by atoms with E-state index in [0.29, 0.717) is 12.8 Å². The summed E-state index contributed by atoms with van der Waals surface area (Å²) in [6, 6.07) is 0. The molecule has 5 heteroatoms. The van der Waals surface area contributed by atoms with Crippen LogP contribution in [0.25, 0.3) is 0 Å². The molecule has 2 N–H and O–H groups in total. The molecule has 0 aliphatic heterocycles. The molecule has 0 rings (SSSR count). The molecule has 0 aromatic rings. The number of carboxylic acid groups (broad SMARTS) is 1. The first-order valence-corrected chi connectivity index (χ1v) is 9.02. The highest BCUT2D eigenvalue weighted by atomic mass is 17.5. The minimum absolute atomic E-state index is 0.0623. The van der Waals surface area contributed by atoms with Crippen LogP contribution in [0.2, 0.25) is 0 Å². The van der Waals surface area contributed by atoms with Gasteiger partial charge in [-0.05, 0) is 38.5 Å². The van der Waals surface area contributed by atoms with Gasteiger partial charge in [0.05, 0.1) is 0 Å². The molecule has 0 aromatic carbocycles. The summed E-state index contributed by atoms with van der Waals surface area (Å²) in [7, 11) is 0. The molecule has 0 saturated heterocycles. The number of rotatable bonds is 16. The molecule has 1 atom stereocenters. The Morgan fingerprint density at radius 2 is 1.72 bits per heavy atom. The van der Waals surface area contributed by atoms with Crippen molar-refractivity contribution in [3.63, 3.8) is 0 Å². The smallest absolute Gasteiger partial charge is 0.303 e. The normalized spacial score (nSPS) is 13.7. The van der Waals surface area contributed by atoms with E-state index in [-0.39, 0.29) is 6.42 Å². The van der Waals surface area contributed by atoms with Crippen molar-refractivity contribution in [2.45, 2.75) is 70.8 Å². The van der Waals surface area contributed by atoms with Gasteiger partial charge in [0.15, 0.2) is 0 Å². The first-order chi connectivity index (χ1) is 12.2. The number of carboxylic acids is 1. The molecule has 0 amide bonds. The van der Waals surface area contributed by atoms with Crippen LogP contribution in [0.1, 0.15) is 64.7 Å². The van der Waals surface area contributed by atoms with Crippen molar-refractivity contribution in [3.8, 4) is 0 Å². The summed E-state index contributed by atoms with van der Waals surface area (Å²) < 4.78 is 0. The van der Waals surface area contributed by atoms with E-state index < -0.39 is 12.1 Å². The van der Waals surface area contributed by atoms with Gasteiger partial charge in [-0.3, -0.25) is 4.79 Å². The van der Waals surface area contributed by atoms with Crippen LogP contribution in [0, 0.1) is 0 Å². The lowest BCUT2D eigenvalue weighted by Crippen LogP contribution is -2.10. The van der Waals surface area contributed by atoms with Crippen molar-refractivity contribution in [1.82, 2.24) is 0 Å². The molecule has 0 heterocycles. The Hall–Kier alpha value is -1.69. The Labute approximate surface area is 151 Å². The quantitative estimate of drug-likeness (QED) is 0.124. The Bertz CT molecular complexity index is 424. The number of hydrogen-bond acceptors (Lipinski definition) is 4. The lowest BCUT2D eigenvalue weighted by atomic mass is 10.1. The average molecular weight is 352 g/mol. The molecule has 0 fully saturated rings. The maximum Gasteiger partial charge on any atom is 0.303 e. The summed E-state index contributed by atoms with van der Waals surface area (Å²) in [6.07, 6.45) is 23.4. The van der Waals surface area contributed by atoms with Crippen molar-refractivity contribution in [3.05, 3.63) is 48.6 Å². The fraction of sp³-hybridized carbons (Fsp3) is 0.550. The van der Waals surface area contributed by atoms with E-state index in [2.05, 4.69) is 41.2 Å². The van der Waals surface area contributed by atoms with Gasteiger partial charge in [-0.1, -0.05) is 73.4 Å². The number of aliphatic carboxylic acids is 1. The van der Waals surface area contributed by atoms with Gasteiger partial charge in [-0.25, -0.2) is 5.26 Å². The van der Waals surface area contributed by atoms with Crippen LogP contribution >= 0.6 is 0 Å². The van der Waals surface area contributed by atoms with Crippen molar-refractivity contribution in [1.29, 1.82) is 0 Å². The SMILES string of the molecule is CCCCC/C=C/C/C=C/C/C=C/C=C/C(CCCC(=O)O)OOO. The largest absolute Gasteiger partial charge is 0.481 e. The maximum atomic E-state index is 10.5. The van der Waals surface area contributed by atoms with Crippen LogP contribution in [0.4, 0.5) is 0 Å². The van der Waals surface area contributed by atoms with Crippen molar-refractivity contribution >= 4 is 5.97 Å². The zero-order valence-electron chi connectivity index (χ0n) is 15.2. The summed E-state index contributed by atoms with van der Waals surface area (Å²) in [6.45, 7) is 2.21. The summed E-state index contributed by atoms with van der Waals surface area (Å²) in [4.78, 5) is 15.1. The molecule has 5 nitrogen and oxygen atoms in total. The summed E-state index contributed by atoms with van der Waals surface area (Å²) in [5, 5.41) is 20.6. The zero-order chi connectivity index (χ0) is 18.6. The molecular formula is C20H32O5. The van der Waals surface area contributed by atoms with Gasteiger partial charge >= 0.3 is 5.97 Å². The van der Waals surface area contributed by atoms with E-state index in [4.69, 9.17) is 10.4 Å². The monoisotopic (exact) mass is 352 g/mol. The molecule has 1 unspecified atom stereocenters. The van der Waals surface area contributed by atoms with Gasteiger partial charge in [-0.2, -0.15) is 4.89 Å². The van der Waals surface area contributed by atoms with Crippen LogP contribution in [-0.4, -0.2) is 22.4 Å². The third-order valence-corrected chi connectivity index (χ3v) is 3.47. The van der Waals surface area contributed by atoms with Crippen LogP contribution in [-0.2, 0) is 14.7 Å². The van der Waals surface area contributed by atoms with E-state index in [1.807, 2.05) is 12.2 Å². The minimum atomic E-state index is -0.852. The molecule has 0 aromatic heterocycles. The van der Waals surface area contributed by atoms with Crippen molar-refractivity contribution in [2.75, 3.05) is 0 Å². The predicted molar refractivity (Wildman–Crippen MR) is 100 cm³/mol. The second-order valence-electron chi connectivity index (χ2n) is 5.72. The standard InChI is InChI=1S/C20H32O5/c1-2-3-4-5-6-7-8-9-10-11-12-13-14-16-19(24-25-23)17-15-18-20(21)22/h6-7,9-10,12-14,16,19,23H,2-5,8,11,15,17-18H2,1H3,(H,21,22)/b7-6+,10-9+,13-12+,16-14+. The topological polar surface area (TPSA) is 76.0 Å². The maximum absolute atomic E-state index is 10.5. The Balaban J connectivity index is 3.85. The third kappa shape index (κ3) is 18.5. The molecule has 0 aliphatic carbocycles. The number of hydrogen-bond donors (Lipinski definition) is 2. The van der Waals surface area contributed by atoms with Crippen molar-refractivity contribution in [2.24, 2.45) is 0 Å². The number of allylic oxidation sites excluding steroid dienone is 7. The van der Waals surface area contributed by atoms with Crippen LogP contribution in [0.15, 0.2) is 48.6 Å². The van der Waals surface area contributed by atoms with Gasteiger partial charge in [-0.15, -0.1) is 0 Å². The van der Waals surface area contributed by atoms with Gasteiger partial charge in [0.2, 0.25) is 0 Å². The summed E-state index contributed by atoms with van der Waals surface area (Å²) in [5.41, 5.74) is 0. The number of carbonyl (C=O) groups is 1. The first kappa shape index (κ1) is 23.3. The highest BCUT2D eigenvalue weighted by Gasteiger charge is 2.07. The molecule has 0 spiro atoms. The minimum Gasteiger partial charge on any atom is -0.481 e. The Morgan fingerprint density at radius 1 is 1.00 bits per heavy atom. The van der Waals surface area contributed by atoms with E-state index in [1.165, 1.54) is 25.7 Å². The Morgan fingerprint density at radius 3 is 2.40 bits per heavy atom. The van der Waals surface area contributed by atoms with Crippen LogP contribution < -0.4 is 0 Å². The van der Waals surface area contributed by atoms with Crippen molar-refractivity contribution < 1.29 is 25.1 Å². The molecular weight excluding hydrogens is 320 g/mol. The third-order valence-electron chi connectivity index (χ3n) is 3.47. The van der Waals surface area contributed by atoms with E-state index in [0.717, 1.165) is 12.8 Å².